The van der Waals surface area contributed by atoms with Crippen molar-refractivity contribution >= 4 is 5.78 Å². The maximum absolute atomic E-state index is 10.6. The minimum Gasteiger partial charge on any atom is -0.483 e. The van der Waals surface area contributed by atoms with Gasteiger partial charge in [-0.15, -0.1) is 0 Å². The molecule has 1 aromatic heterocycles. The van der Waals surface area contributed by atoms with Gasteiger partial charge in [-0.05, 0) is 6.92 Å². The van der Waals surface area contributed by atoms with Gasteiger partial charge in [0.2, 0.25) is 0 Å². The fourth-order valence-corrected chi connectivity index (χ4v) is 0.785. The number of Topliss-reactive ketones (excluding diaryl/α,β-unsaturated/α-hetero) is 1. The zero-order valence-electron chi connectivity index (χ0n) is 13.8. The summed E-state index contributed by atoms with van der Waals surface area (Å²) >= 11 is 0. The number of carbonyl (C=O) groups is 1. The van der Waals surface area contributed by atoms with Gasteiger partial charge in [-0.1, -0.05) is 48.5 Å². The molecular formula is C15H30N2O2. The number of ether oxygens (including phenoxy) is 1. The van der Waals surface area contributed by atoms with E-state index >= 15 is 0 Å². The topological polar surface area (TPSA) is 52.1 Å². The van der Waals surface area contributed by atoms with E-state index in [9.17, 15) is 4.79 Å². The van der Waals surface area contributed by atoms with E-state index in [1.54, 1.807) is 12.4 Å². The van der Waals surface area contributed by atoms with Crippen molar-refractivity contribution in [1.82, 2.24) is 9.97 Å². The molecule has 0 saturated carbocycles. The smallest absolute Gasteiger partial charge is 0.167 e. The van der Waals surface area contributed by atoms with Gasteiger partial charge < -0.3 is 4.74 Å². The Morgan fingerprint density at radius 1 is 1.05 bits per heavy atom. The number of hydrogen-bond acceptors (Lipinski definition) is 4. The highest BCUT2D eigenvalue weighted by atomic mass is 16.5. The number of aryl methyl sites for hydroxylation is 1. The first-order valence-electron chi connectivity index (χ1n) is 7.15. The van der Waals surface area contributed by atoms with E-state index in [-0.39, 0.29) is 12.4 Å². The largest absolute Gasteiger partial charge is 0.483 e. The van der Waals surface area contributed by atoms with E-state index in [1.807, 2.05) is 48.5 Å². The van der Waals surface area contributed by atoms with Crippen LogP contribution in [-0.2, 0) is 11.2 Å². The lowest BCUT2D eigenvalue weighted by Gasteiger charge is -2.02. The Labute approximate surface area is 118 Å². The lowest BCUT2D eigenvalue weighted by Crippen LogP contribution is -2.07. The zero-order valence-corrected chi connectivity index (χ0v) is 13.8. The minimum atomic E-state index is -0.0143. The molecule has 0 aliphatic rings. The third kappa shape index (κ3) is 14.5. The van der Waals surface area contributed by atoms with Crippen LogP contribution in [0.1, 0.15) is 61.2 Å². The third-order valence-electron chi connectivity index (χ3n) is 1.44. The highest BCUT2D eigenvalue weighted by Crippen LogP contribution is 2.05. The van der Waals surface area contributed by atoms with Crippen LogP contribution in [0.15, 0.2) is 12.4 Å². The molecule has 0 bridgehead atoms. The second-order valence-electron chi connectivity index (χ2n) is 2.68. The number of ketones is 1. The molecule has 4 nitrogen and oxygen atoms in total. The van der Waals surface area contributed by atoms with Crippen molar-refractivity contribution in [3.63, 3.8) is 0 Å². The highest BCUT2D eigenvalue weighted by Gasteiger charge is 1.98. The molecule has 0 radical (unpaired) electrons. The van der Waals surface area contributed by atoms with Gasteiger partial charge in [0.05, 0.1) is 12.4 Å². The van der Waals surface area contributed by atoms with Crippen molar-refractivity contribution < 1.29 is 9.53 Å². The normalized spacial score (nSPS) is 7.58. The van der Waals surface area contributed by atoms with Crippen molar-refractivity contribution in [2.45, 2.75) is 61.8 Å². The van der Waals surface area contributed by atoms with Crippen LogP contribution in [0.25, 0.3) is 0 Å². The van der Waals surface area contributed by atoms with Gasteiger partial charge in [-0.25, -0.2) is 9.97 Å². The van der Waals surface area contributed by atoms with E-state index in [0.717, 1.165) is 12.2 Å². The van der Waals surface area contributed by atoms with Crippen LogP contribution in [0.5, 0.6) is 5.75 Å². The molecule has 0 N–H and O–H groups in total. The van der Waals surface area contributed by atoms with Crippen LogP contribution in [0.3, 0.4) is 0 Å². The van der Waals surface area contributed by atoms with Gasteiger partial charge in [-0.3, -0.25) is 4.79 Å². The molecule has 0 unspecified atom stereocenters. The van der Waals surface area contributed by atoms with Crippen molar-refractivity contribution in [3.05, 3.63) is 18.2 Å². The number of rotatable bonds is 4. The monoisotopic (exact) mass is 270 g/mol. The molecule has 0 amide bonds. The Bertz CT molecular complexity index is 285. The molecule has 0 aliphatic heterocycles. The third-order valence-corrected chi connectivity index (χ3v) is 1.44. The predicted octanol–water partition coefficient (Wildman–Crippen LogP) is 4.09. The average Bonchev–Trinajstić information content (AvgIpc) is 2.51. The summed E-state index contributed by atoms with van der Waals surface area (Å²) in [7, 11) is 0. The van der Waals surface area contributed by atoms with Crippen molar-refractivity contribution in [2.24, 2.45) is 0 Å². The van der Waals surface area contributed by atoms with E-state index in [1.165, 1.54) is 6.92 Å². The molecule has 1 aromatic rings. The van der Waals surface area contributed by atoms with Crippen LogP contribution in [-0.4, -0.2) is 22.4 Å². The first kappa shape index (κ1) is 22.7. The molecule has 4 heteroatoms. The maximum atomic E-state index is 10.6. The Hall–Kier alpha value is -1.45. The molecule has 1 rings (SSSR count). The lowest BCUT2D eigenvalue weighted by atomic mass is 10.4. The van der Waals surface area contributed by atoms with Crippen LogP contribution in [0.2, 0.25) is 0 Å². The van der Waals surface area contributed by atoms with E-state index in [4.69, 9.17) is 4.74 Å². The molecule has 112 valence electrons. The summed E-state index contributed by atoms with van der Waals surface area (Å²) in [5.41, 5.74) is 0. The van der Waals surface area contributed by atoms with Gasteiger partial charge in [0.25, 0.3) is 0 Å². The number of aromatic nitrogens is 2. The quantitative estimate of drug-likeness (QED) is 0.827. The van der Waals surface area contributed by atoms with Gasteiger partial charge in [0.1, 0.15) is 12.4 Å². The second kappa shape index (κ2) is 18.9. The summed E-state index contributed by atoms with van der Waals surface area (Å²) < 4.78 is 5.09. The minimum absolute atomic E-state index is 0.0143. The fraction of sp³-hybridized carbons (Fsp3) is 0.667. The summed E-state index contributed by atoms with van der Waals surface area (Å²) in [6.07, 6.45) is 3.95. The average molecular weight is 270 g/mol. The molecule has 19 heavy (non-hydrogen) atoms. The molecule has 0 atom stereocenters. The van der Waals surface area contributed by atoms with E-state index in [2.05, 4.69) is 9.97 Å². The molecule has 0 aliphatic carbocycles. The zero-order chi connectivity index (χ0) is 15.7. The standard InChI is InChI=1S/C9H12N2O2.3C2H6/c1-3-9-10-4-8(5-11-9)13-6-7(2)12;3*1-2/h4-5H,3,6H2,1-2H3;3*1-2H3. The van der Waals surface area contributed by atoms with Crippen molar-refractivity contribution in [2.75, 3.05) is 6.61 Å². The first-order chi connectivity index (χ1) is 9.22. The number of nitrogens with zero attached hydrogens (tertiary/aromatic N) is 2. The first-order valence-corrected chi connectivity index (χ1v) is 7.15. The molecule has 0 saturated heterocycles. The van der Waals surface area contributed by atoms with E-state index in [0.29, 0.717) is 5.75 Å². The van der Waals surface area contributed by atoms with Gasteiger partial charge in [-0.2, -0.15) is 0 Å². The number of hydrogen-bond donors (Lipinski definition) is 0. The summed E-state index contributed by atoms with van der Waals surface area (Å²) in [5.74, 6) is 1.29. The van der Waals surface area contributed by atoms with Crippen LogP contribution in [0.4, 0.5) is 0 Å². The van der Waals surface area contributed by atoms with Gasteiger partial charge in [0.15, 0.2) is 11.5 Å². The second-order valence-corrected chi connectivity index (χ2v) is 2.68. The molecule has 0 fully saturated rings. The Morgan fingerprint density at radius 3 is 1.79 bits per heavy atom. The van der Waals surface area contributed by atoms with Crippen LogP contribution < -0.4 is 4.74 Å². The lowest BCUT2D eigenvalue weighted by molar-refractivity contribution is -0.118. The summed E-state index contributed by atoms with van der Waals surface area (Å²) in [5, 5.41) is 0. The summed E-state index contributed by atoms with van der Waals surface area (Å²) in [6.45, 7) is 15.5. The highest BCUT2D eigenvalue weighted by molar-refractivity contribution is 5.77. The van der Waals surface area contributed by atoms with Gasteiger partial charge in [0, 0.05) is 6.42 Å². The summed E-state index contributed by atoms with van der Waals surface area (Å²) in [4.78, 5) is 18.6. The van der Waals surface area contributed by atoms with Crippen LogP contribution in [0, 0.1) is 0 Å². The van der Waals surface area contributed by atoms with Crippen molar-refractivity contribution in [3.8, 4) is 5.75 Å². The van der Waals surface area contributed by atoms with Crippen LogP contribution >= 0.6 is 0 Å². The Balaban J connectivity index is -0.000000375. The molecular weight excluding hydrogens is 240 g/mol. The number of carbonyl (C=O) groups excluding carboxylic acids is 1. The van der Waals surface area contributed by atoms with E-state index < -0.39 is 0 Å². The molecule has 1 heterocycles. The Kier molecular flexibility index (Phi) is 22.6. The fourth-order valence-electron chi connectivity index (χ4n) is 0.785. The molecule has 0 spiro atoms. The Morgan fingerprint density at radius 2 is 1.47 bits per heavy atom. The SMILES string of the molecule is CC.CC.CC.CCc1ncc(OCC(C)=O)cn1. The maximum Gasteiger partial charge on any atom is 0.167 e. The summed E-state index contributed by atoms with van der Waals surface area (Å²) in [6, 6.07) is 0. The van der Waals surface area contributed by atoms with Crippen molar-refractivity contribution in [1.29, 1.82) is 0 Å². The van der Waals surface area contributed by atoms with Gasteiger partial charge >= 0.3 is 0 Å². The predicted molar refractivity (Wildman–Crippen MR) is 81.6 cm³/mol. The molecule has 0 aromatic carbocycles.